The number of hydrogen-bond acceptors (Lipinski definition) is 2. The molecule has 0 spiro atoms. The normalized spacial score (nSPS) is 21.1. The van der Waals surface area contributed by atoms with Gasteiger partial charge in [0.05, 0.1) is 5.56 Å². The molecule has 1 aromatic carbocycles. The number of alkyl halides is 4. The number of H-pyrrole nitrogens is 1. The van der Waals surface area contributed by atoms with Gasteiger partial charge < -0.3 is 5.32 Å². The van der Waals surface area contributed by atoms with Gasteiger partial charge in [-0.15, -0.1) is 0 Å². The molecule has 0 bridgehead atoms. The Hall–Kier alpha value is -2.38. The van der Waals surface area contributed by atoms with E-state index in [4.69, 9.17) is 0 Å². The van der Waals surface area contributed by atoms with Gasteiger partial charge in [-0.1, -0.05) is 30.3 Å². The summed E-state index contributed by atoms with van der Waals surface area (Å²) < 4.78 is 53.0. The molecular weight excluding hydrogens is 338 g/mol. The van der Waals surface area contributed by atoms with Crippen LogP contribution in [0.5, 0.6) is 0 Å². The first-order chi connectivity index (χ1) is 11.9. The fraction of sp³-hybridized carbons (Fsp3) is 0.412. The molecule has 8 heteroatoms. The van der Waals surface area contributed by atoms with Gasteiger partial charge in [-0.2, -0.15) is 18.3 Å². The molecular formula is C17H17F4N3O. The minimum absolute atomic E-state index is 0.161. The Morgan fingerprint density at radius 3 is 2.36 bits per heavy atom. The van der Waals surface area contributed by atoms with E-state index in [1.807, 2.05) is 5.10 Å². The van der Waals surface area contributed by atoms with Gasteiger partial charge in [0.2, 0.25) is 5.91 Å². The molecule has 25 heavy (non-hydrogen) atoms. The Morgan fingerprint density at radius 2 is 1.76 bits per heavy atom. The summed E-state index contributed by atoms with van der Waals surface area (Å²) in [7, 11) is 0. The van der Waals surface area contributed by atoms with Crippen molar-refractivity contribution < 1.29 is 22.4 Å². The van der Waals surface area contributed by atoms with Gasteiger partial charge in [0.25, 0.3) is 0 Å². The number of amides is 1. The molecule has 1 fully saturated rings. The number of aromatic amines is 1. The average Bonchev–Trinajstić information content (AvgIpc) is 3.00. The highest BCUT2D eigenvalue weighted by Gasteiger charge is 2.38. The second-order valence-corrected chi connectivity index (χ2v) is 6.12. The van der Waals surface area contributed by atoms with Crippen molar-refractivity contribution in [2.45, 2.75) is 38.0 Å². The highest BCUT2D eigenvalue weighted by Crippen LogP contribution is 2.40. The fourth-order valence-electron chi connectivity index (χ4n) is 3.06. The first-order valence-electron chi connectivity index (χ1n) is 8.02. The lowest BCUT2D eigenvalue weighted by atomic mass is 9.87. The largest absolute Gasteiger partial charge is 0.433 e. The lowest BCUT2D eigenvalue weighted by Crippen LogP contribution is -2.28. The maximum Gasteiger partial charge on any atom is 0.433 e. The van der Waals surface area contributed by atoms with Crippen LogP contribution in [0.2, 0.25) is 0 Å². The van der Waals surface area contributed by atoms with Crippen LogP contribution in [0.3, 0.4) is 0 Å². The number of carbonyl (C=O) groups is 1. The van der Waals surface area contributed by atoms with Gasteiger partial charge in [-0.3, -0.25) is 9.89 Å². The summed E-state index contributed by atoms with van der Waals surface area (Å²) in [6.07, 6.45) is -4.20. The van der Waals surface area contributed by atoms with Crippen molar-refractivity contribution in [3.8, 4) is 11.1 Å². The van der Waals surface area contributed by atoms with Crippen LogP contribution in [0.1, 0.15) is 31.4 Å². The lowest BCUT2D eigenvalue weighted by molar-refractivity contribution is -0.140. The van der Waals surface area contributed by atoms with Crippen molar-refractivity contribution in [2.75, 3.05) is 5.32 Å². The van der Waals surface area contributed by atoms with E-state index in [0.717, 1.165) is 0 Å². The zero-order valence-corrected chi connectivity index (χ0v) is 13.2. The molecule has 1 aliphatic rings. The third kappa shape index (κ3) is 3.83. The van der Waals surface area contributed by atoms with Gasteiger partial charge in [0.1, 0.15) is 11.9 Å². The zero-order valence-electron chi connectivity index (χ0n) is 13.2. The summed E-state index contributed by atoms with van der Waals surface area (Å²) in [5, 5.41) is 8.12. The Morgan fingerprint density at radius 1 is 1.12 bits per heavy atom. The third-order valence-electron chi connectivity index (χ3n) is 4.38. The summed E-state index contributed by atoms with van der Waals surface area (Å²) in [6, 6.07) is 7.94. The van der Waals surface area contributed by atoms with Crippen LogP contribution in [-0.2, 0) is 11.0 Å². The van der Waals surface area contributed by atoms with Crippen LogP contribution in [-0.4, -0.2) is 22.3 Å². The number of halogens is 4. The second-order valence-electron chi connectivity index (χ2n) is 6.12. The molecule has 1 aliphatic carbocycles. The zero-order chi connectivity index (χ0) is 18.0. The van der Waals surface area contributed by atoms with E-state index in [0.29, 0.717) is 18.4 Å². The number of benzene rings is 1. The van der Waals surface area contributed by atoms with Gasteiger partial charge in [0, 0.05) is 5.92 Å². The molecule has 0 atom stereocenters. The van der Waals surface area contributed by atoms with E-state index < -0.39 is 29.9 Å². The minimum atomic E-state index is -4.63. The van der Waals surface area contributed by atoms with Crippen LogP contribution in [0.4, 0.5) is 23.4 Å². The summed E-state index contributed by atoms with van der Waals surface area (Å²) in [6.45, 7) is 0. The van der Waals surface area contributed by atoms with E-state index in [9.17, 15) is 22.4 Å². The van der Waals surface area contributed by atoms with Gasteiger partial charge in [-0.25, -0.2) is 4.39 Å². The number of aromatic nitrogens is 2. The molecule has 0 aliphatic heterocycles. The van der Waals surface area contributed by atoms with Crippen LogP contribution in [0, 0.1) is 5.92 Å². The Bertz CT molecular complexity index is 734. The molecule has 1 saturated carbocycles. The molecule has 0 saturated heterocycles. The van der Waals surface area contributed by atoms with Crippen molar-refractivity contribution >= 4 is 11.7 Å². The lowest BCUT2D eigenvalue weighted by Gasteiger charge is -2.23. The number of carbonyl (C=O) groups excluding carboxylic acids is 1. The molecule has 0 radical (unpaired) electrons. The molecule has 134 valence electrons. The Balaban J connectivity index is 1.89. The molecule has 1 aromatic heterocycles. The molecule has 1 heterocycles. The molecule has 2 aromatic rings. The maximum atomic E-state index is 13.3. The number of anilines is 1. The number of hydrogen-bond donors (Lipinski definition) is 2. The van der Waals surface area contributed by atoms with E-state index in [-0.39, 0.29) is 24.2 Å². The molecule has 3 rings (SSSR count). The quantitative estimate of drug-likeness (QED) is 0.793. The summed E-state index contributed by atoms with van der Waals surface area (Å²) in [4.78, 5) is 12.3. The van der Waals surface area contributed by atoms with E-state index in [2.05, 4.69) is 10.4 Å². The molecule has 0 unspecified atom stereocenters. The maximum absolute atomic E-state index is 13.3. The van der Waals surface area contributed by atoms with Crippen LogP contribution < -0.4 is 5.32 Å². The minimum Gasteiger partial charge on any atom is -0.308 e. The number of nitrogens with zero attached hydrogens (tertiary/aromatic N) is 1. The summed E-state index contributed by atoms with van der Waals surface area (Å²) in [5.41, 5.74) is -0.909. The van der Waals surface area contributed by atoms with Gasteiger partial charge >= 0.3 is 6.18 Å². The van der Waals surface area contributed by atoms with E-state index in [1.54, 1.807) is 18.2 Å². The Labute approximate surface area is 141 Å². The predicted molar refractivity (Wildman–Crippen MR) is 84.5 cm³/mol. The smallest absolute Gasteiger partial charge is 0.308 e. The highest BCUT2D eigenvalue weighted by molar-refractivity contribution is 5.96. The summed E-state index contributed by atoms with van der Waals surface area (Å²) in [5.74, 6) is -1.00. The topological polar surface area (TPSA) is 57.8 Å². The number of nitrogens with one attached hydrogen (secondary N) is 2. The molecule has 1 amide bonds. The fourth-order valence-corrected chi connectivity index (χ4v) is 3.06. The van der Waals surface area contributed by atoms with Crippen molar-refractivity contribution in [1.29, 1.82) is 0 Å². The van der Waals surface area contributed by atoms with Crippen LogP contribution in [0.15, 0.2) is 30.3 Å². The van der Waals surface area contributed by atoms with Gasteiger partial charge in [0.15, 0.2) is 5.82 Å². The van der Waals surface area contributed by atoms with E-state index in [1.165, 1.54) is 12.1 Å². The summed E-state index contributed by atoms with van der Waals surface area (Å²) >= 11 is 0. The van der Waals surface area contributed by atoms with E-state index >= 15 is 0 Å². The monoisotopic (exact) mass is 355 g/mol. The first-order valence-corrected chi connectivity index (χ1v) is 8.02. The van der Waals surface area contributed by atoms with Gasteiger partial charge in [-0.05, 0) is 31.2 Å². The second kappa shape index (κ2) is 6.85. The molecule has 4 nitrogen and oxygen atoms in total. The third-order valence-corrected chi connectivity index (χ3v) is 4.38. The Kier molecular flexibility index (Phi) is 4.78. The van der Waals surface area contributed by atoms with Crippen molar-refractivity contribution in [1.82, 2.24) is 10.2 Å². The first kappa shape index (κ1) is 17.4. The SMILES string of the molecule is O=C(Nc1n[nH]c(C(F)(F)F)c1-c1ccccc1)C1CCC(F)CC1. The van der Waals surface area contributed by atoms with Crippen LogP contribution in [0.25, 0.3) is 11.1 Å². The average molecular weight is 355 g/mol. The van der Waals surface area contributed by atoms with Crippen LogP contribution >= 0.6 is 0 Å². The molecule has 2 N–H and O–H groups in total. The highest BCUT2D eigenvalue weighted by atomic mass is 19.4. The van der Waals surface area contributed by atoms with Crippen molar-refractivity contribution in [3.63, 3.8) is 0 Å². The van der Waals surface area contributed by atoms with Crippen molar-refractivity contribution in [3.05, 3.63) is 36.0 Å². The predicted octanol–water partition coefficient (Wildman–Crippen LogP) is 4.56. The van der Waals surface area contributed by atoms with Crippen molar-refractivity contribution in [2.24, 2.45) is 5.92 Å². The number of rotatable bonds is 3. The standard InChI is InChI=1S/C17H17F4N3O/c18-12-8-6-11(7-9-12)16(25)22-15-13(10-4-2-1-3-5-10)14(23-24-15)17(19,20)21/h1-5,11-12H,6-9H2,(H2,22,23,24,25).